The summed E-state index contributed by atoms with van der Waals surface area (Å²) in [6, 6.07) is 1.83. The lowest BCUT2D eigenvalue weighted by Gasteiger charge is -2.11. The van der Waals surface area contributed by atoms with Gasteiger partial charge in [0.1, 0.15) is 11.4 Å². The maximum atomic E-state index is 12.8. The van der Waals surface area contributed by atoms with Crippen molar-refractivity contribution in [1.29, 1.82) is 0 Å². The molecule has 0 unspecified atom stereocenters. The van der Waals surface area contributed by atoms with Gasteiger partial charge in [-0.05, 0) is 18.2 Å². The Balaban J connectivity index is 1.99. The second kappa shape index (κ2) is 8.45. The van der Waals surface area contributed by atoms with Crippen LogP contribution in [0.25, 0.3) is 0 Å². The van der Waals surface area contributed by atoms with Crippen molar-refractivity contribution in [2.24, 2.45) is 0 Å². The van der Waals surface area contributed by atoms with Crippen LogP contribution in [-0.2, 0) is 32.3 Å². The molecule has 0 aliphatic carbocycles. The zero-order chi connectivity index (χ0) is 21.1. The van der Waals surface area contributed by atoms with Crippen LogP contribution in [0.3, 0.4) is 0 Å². The molecule has 13 heteroatoms. The van der Waals surface area contributed by atoms with Crippen molar-refractivity contribution < 1.29 is 35.6 Å². The van der Waals surface area contributed by atoms with E-state index in [1.165, 1.54) is 0 Å². The van der Waals surface area contributed by atoms with Gasteiger partial charge < -0.3 is 9.26 Å². The Morgan fingerprint density at radius 2 is 2.04 bits per heavy atom. The molecule has 1 N–H and O–H groups in total. The van der Waals surface area contributed by atoms with Crippen LogP contribution in [0.1, 0.15) is 37.0 Å². The zero-order valence-corrected chi connectivity index (χ0v) is 16.2. The molecule has 1 heterocycles. The molecule has 2 rings (SSSR count). The molecule has 0 spiro atoms. The molecule has 1 aromatic heterocycles. The summed E-state index contributed by atoms with van der Waals surface area (Å²) < 4.78 is 74.1. The first kappa shape index (κ1) is 22.1. The smallest absolute Gasteiger partial charge is 0.416 e. The number of hydrogen-bond donors (Lipinski definition) is 1. The number of nitrogens with zero attached hydrogens (tertiary/aromatic N) is 2. The molecule has 1 aromatic carbocycles. The van der Waals surface area contributed by atoms with Crippen molar-refractivity contribution in [1.82, 2.24) is 14.9 Å². The van der Waals surface area contributed by atoms with Crippen molar-refractivity contribution in [3.05, 3.63) is 40.5 Å². The molecular weight excluding hydrogens is 427 g/mol. The van der Waals surface area contributed by atoms with Crippen molar-refractivity contribution in [2.45, 2.75) is 37.4 Å². The largest absolute Gasteiger partial charge is 0.455 e. The lowest BCUT2D eigenvalue weighted by Crippen LogP contribution is -2.31. The minimum absolute atomic E-state index is 0.00257. The van der Waals surface area contributed by atoms with Crippen molar-refractivity contribution in [2.75, 3.05) is 6.54 Å². The summed E-state index contributed by atoms with van der Waals surface area (Å²) in [5.74, 6) is -0.583. The standard InChI is InChI=1S/C15H15ClF3N3O5S/c1-8(2)14-21-12(27-22-14)7-26-13(23)6-20-28(24,25)11-5-9(15(17,18)19)3-4-10(11)16/h3-5,8,20H,6-7H2,1-2H3. The first-order valence-corrected chi connectivity index (χ1v) is 9.61. The highest BCUT2D eigenvalue weighted by Gasteiger charge is 2.32. The number of halogens is 4. The highest BCUT2D eigenvalue weighted by Crippen LogP contribution is 2.33. The Hall–Kier alpha value is -2.18. The molecule has 0 fully saturated rings. The van der Waals surface area contributed by atoms with E-state index >= 15 is 0 Å². The van der Waals surface area contributed by atoms with Gasteiger partial charge >= 0.3 is 12.1 Å². The summed E-state index contributed by atoms with van der Waals surface area (Å²) in [7, 11) is -4.49. The molecule has 0 bridgehead atoms. The zero-order valence-electron chi connectivity index (χ0n) is 14.6. The Bertz CT molecular complexity index is 960. The number of alkyl halides is 3. The SMILES string of the molecule is CC(C)c1noc(COC(=O)CNS(=O)(=O)c2cc(C(F)(F)F)ccc2Cl)n1. The molecule has 28 heavy (non-hydrogen) atoms. The molecule has 0 aliphatic rings. The molecule has 154 valence electrons. The van der Waals surface area contributed by atoms with Crippen LogP contribution in [-0.4, -0.2) is 31.1 Å². The van der Waals surface area contributed by atoms with E-state index in [-0.39, 0.29) is 18.4 Å². The number of nitrogens with one attached hydrogen (secondary N) is 1. The Kier molecular flexibility index (Phi) is 6.67. The fourth-order valence-electron chi connectivity index (χ4n) is 1.87. The summed E-state index contributed by atoms with van der Waals surface area (Å²) in [6.45, 7) is 2.44. The number of carbonyl (C=O) groups excluding carboxylic acids is 1. The Labute approximate surface area is 163 Å². The van der Waals surface area contributed by atoms with Gasteiger partial charge in [0.2, 0.25) is 10.0 Å². The highest BCUT2D eigenvalue weighted by atomic mass is 35.5. The third-order valence-corrected chi connectivity index (χ3v) is 5.19. The van der Waals surface area contributed by atoms with E-state index in [9.17, 15) is 26.4 Å². The van der Waals surface area contributed by atoms with Gasteiger partial charge in [0.05, 0.1) is 10.6 Å². The summed E-state index contributed by atoms with van der Waals surface area (Å²) in [5, 5.41) is 3.23. The summed E-state index contributed by atoms with van der Waals surface area (Å²) in [5.41, 5.74) is -1.20. The third kappa shape index (κ3) is 5.66. The average Bonchev–Trinajstić information content (AvgIpc) is 3.07. The van der Waals surface area contributed by atoms with Gasteiger partial charge in [0, 0.05) is 5.92 Å². The van der Waals surface area contributed by atoms with Crippen LogP contribution < -0.4 is 4.72 Å². The number of rotatable bonds is 7. The van der Waals surface area contributed by atoms with Gasteiger partial charge in [-0.25, -0.2) is 8.42 Å². The molecule has 0 saturated carbocycles. The van der Waals surface area contributed by atoms with E-state index in [1.54, 1.807) is 0 Å². The lowest BCUT2D eigenvalue weighted by atomic mass is 10.2. The third-order valence-electron chi connectivity index (χ3n) is 3.31. The van der Waals surface area contributed by atoms with Crippen LogP contribution in [0.5, 0.6) is 0 Å². The summed E-state index contributed by atoms with van der Waals surface area (Å²) in [4.78, 5) is 14.8. The highest BCUT2D eigenvalue weighted by molar-refractivity contribution is 7.89. The Morgan fingerprint density at radius 3 is 2.61 bits per heavy atom. The van der Waals surface area contributed by atoms with Crippen LogP contribution in [0, 0.1) is 0 Å². The second-order valence-corrected chi connectivity index (χ2v) is 7.97. The fourth-order valence-corrected chi connectivity index (χ4v) is 3.36. The van der Waals surface area contributed by atoms with Crippen molar-refractivity contribution in [3.63, 3.8) is 0 Å². The van der Waals surface area contributed by atoms with E-state index in [4.69, 9.17) is 20.9 Å². The number of aromatic nitrogens is 2. The lowest BCUT2D eigenvalue weighted by molar-refractivity contribution is -0.144. The van der Waals surface area contributed by atoms with E-state index < -0.39 is 44.2 Å². The number of carbonyl (C=O) groups is 1. The van der Waals surface area contributed by atoms with Crippen LogP contribution in [0.4, 0.5) is 13.2 Å². The van der Waals surface area contributed by atoms with Crippen LogP contribution in [0.15, 0.2) is 27.6 Å². The number of hydrogen-bond acceptors (Lipinski definition) is 7. The topological polar surface area (TPSA) is 111 Å². The number of sulfonamides is 1. The summed E-state index contributed by atoms with van der Waals surface area (Å²) >= 11 is 5.68. The molecule has 0 aliphatic heterocycles. The normalized spacial score (nSPS) is 12.4. The van der Waals surface area contributed by atoms with Gasteiger partial charge in [-0.1, -0.05) is 30.6 Å². The van der Waals surface area contributed by atoms with E-state index in [2.05, 4.69) is 10.1 Å². The van der Waals surface area contributed by atoms with Gasteiger partial charge in [0.25, 0.3) is 5.89 Å². The maximum absolute atomic E-state index is 12.8. The predicted octanol–water partition coefficient (Wildman–Crippen LogP) is 2.89. The van der Waals surface area contributed by atoms with Crippen LogP contribution >= 0.6 is 11.6 Å². The molecule has 0 saturated heterocycles. The second-order valence-electron chi connectivity index (χ2n) is 5.83. The minimum Gasteiger partial charge on any atom is -0.455 e. The van der Waals surface area contributed by atoms with Gasteiger partial charge in [-0.2, -0.15) is 22.9 Å². The fraction of sp³-hybridized carbons (Fsp3) is 0.400. The maximum Gasteiger partial charge on any atom is 0.416 e. The minimum atomic E-state index is -4.76. The van der Waals surface area contributed by atoms with Crippen molar-refractivity contribution in [3.8, 4) is 0 Å². The quantitative estimate of drug-likeness (QED) is 0.657. The number of ether oxygens (including phenoxy) is 1. The van der Waals surface area contributed by atoms with Gasteiger partial charge in [0.15, 0.2) is 12.4 Å². The molecule has 0 radical (unpaired) electrons. The summed E-state index contributed by atoms with van der Waals surface area (Å²) in [6.07, 6.45) is -4.76. The van der Waals surface area contributed by atoms with E-state index in [0.717, 1.165) is 6.07 Å². The Morgan fingerprint density at radius 1 is 1.36 bits per heavy atom. The molecule has 0 amide bonds. The first-order valence-electron chi connectivity index (χ1n) is 7.74. The average molecular weight is 442 g/mol. The molecule has 2 aromatic rings. The monoisotopic (exact) mass is 441 g/mol. The van der Waals surface area contributed by atoms with Gasteiger partial charge in [-0.3, -0.25) is 4.79 Å². The number of esters is 1. The van der Waals surface area contributed by atoms with E-state index in [1.807, 2.05) is 18.6 Å². The number of benzene rings is 1. The van der Waals surface area contributed by atoms with Crippen molar-refractivity contribution >= 4 is 27.6 Å². The molecule has 0 atom stereocenters. The van der Waals surface area contributed by atoms with Gasteiger partial charge in [-0.15, -0.1) is 0 Å². The predicted molar refractivity (Wildman–Crippen MR) is 89.8 cm³/mol. The molecule has 8 nitrogen and oxygen atoms in total. The molecular formula is C15H15ClF3N3O5S. The van der Waals surface area contributed by atoms with Crippen LogP contribution in [0.2, 0.25) is 5.02 Å². The van der Waals surface area contributed by atoms with E-state index in [0.29, 0.717) is 18.0 Å². The first-order chi connectivity index (χ1) is 12.9.